The molecule has 1 heterocycles. The third kappa shape index (κ3) is 5.88. The SMILES string of the molecule is N#Cc1ccc(CCNC(C(=O)Nc2ccc(-c3cccnn3)cc2)c2ccccc2)cc1. The van der Waals surface area contributed by atoms with Crippen LogP contribution in [0, 0.1) is 11.3 Å². The lowest BCUT2D eigenvalue weighted by Gasteiger charge is -2.19. The van der Waals surface area contributed by atoms with E-state index in [-0.39, 0.29) is 5.91 Å². The number of aromatic nitrogens is 2. The molecule has 0 fully saturated rings. The number of nitrogens with zero attached hydrogens (tertiary/aromatic N) is 3. The van der Waals surface area contributed by atoms with E-state index in [1.54, 1.807) is 18.3 Å². The Morgan fingerprint density at radius 1 is 0.909 bits per heavy atom. The fourth-order valence-corrected chi connectivity index (χ4v) is 3.51. The van der Waals surface area contributed by atoms with Gasteiger partial charge in [-0.25, -0.2) is 0 Å². The molecule has 2 N–H and O–H groups in total. The Labute approximate surface area is 192 Å². The third-order valence-corrected chi connectivity index (χ3v) is 5.26. The summed E-state index contributed by atoms with van der Waals surface area (Å²) in [5, 5.41) is 23.3. The number of hydrogen-bond donors (Lipinski definition) is 2. The van der Waals surface area contributed by atoms with Crippen LogP contribution in [0.2, 0.25) is 0 Å². The average Bonchev–Trinajstić information content (AvgIpc) is 2.88. The van der Waals surface area contributed by atoms with Gasteiger partial charge in [0.1, 0.15) is 6.04 Å². The normalized spacial score (nSPS) is 11.4. The highest BCUT2D eigenvalue weighted by Gasteiger charge is 2.20. The molecule has 0 aliphatic heterocycles. The molecule has 0 aliphatic rings. The van der Waals surface area contributed by atoms with Crippen LogP contribution in [0.15, 0.2) is 97.2 Å². The zero-order valence-corrected chi connectivity index (χ0v) is 18.0. The minimum atomic E-state index is -0.496. The standard InChI is InChI=1S/C27H23N5O/c28-19-21-10-8-20(9-11-21)16-18-29-26(23-5-2-1-3-6-23)27(33)31-24-14-12-22(13-15-24)25-7-4-17-30-32-25/h1-15,17,26,29H,16,18H2,(H,31,33). The molecule has 3 aromatic carbocycles. The Bertz CT molecular complexity index is 1220. The van der Waals surface area contributed by atoms with Crippen LogP contribution in [0.1, 0.15) is 22.7 Å². The molecule has 0 bridgehead atoms. The van der Waals surface area contributed by atoms with E-state index in [1.165, 1.54) is 0 Å². The van der Waals surface area contributed by atoms with E-state index in [0.717, 1.165) is 28.8 Å². The van der Waals surface area contributed by atoms with Crippen LogP contribution in [0.3, 0.4) is 0 Å². The first-order valence-corrected chi connectivity index (χ1v) is 10.7. The molecule has 0 aliphatic carbocycles. The molecular weight excluding hydrogens is 410 g/mol. The van der Waals surface area contributed by atoms with Crippen LogP contribution in [-0.2, 0) is 11.2 Å². The number of carbonyl (C=O) groups excluding carboxylic acids is 1. The van der Waals surface area contributed by atoms with Gasteiger partial charge in [-0.05, 0) is 53.9 Å². The topological polar surface area (TPSA) is 90.7 Å². The summed E-state index contributed by atoms with van der Waals surface area (Å²) in [5.74, 6) is -0.131. The first-order chi connectivity index (χ1) is 16.2. The third-order valence-electron chi connectivity index (χ3n) is 5.26. The number of anilines is 1. The van der Waals surface area contributed by atoms with Crippen molar-refractivity contribution in [2.75, 3.05) is 11.9 Å². The largest absolute Gasteiger partial charge is 0.324 e. The summed E-state index contributed by atoms with van der Waals surface area (Å²) < 4.78 is 0. The Kier molecular flexibility index (Phi) is 7.16. The molecule has 1 aromatic heterocycles. The van der Waals surface area contributed by atoms with Gasteiger partial charge in [0.15, 0.2) is 0 Å². The Hall–Kier alpha value is -4.34. The van der Waals surface area contributed by atoms with Gasteiger partial charge in [0.25, 0.3) is 0 Å². The quantitative estimate of drug-likeness (QED) is 0.426. The minimum absolute atomic E-state index is 0.131. The zero-order chi connectivity index (χ0) is 22.9. The second-order valence-corrected chi connectivity index (χ2v) is 7.53. The molecule has 162 valence electrons. The zero-order valence-electron chi connectivity index (χ0n) is 18.0. The Morgan fingerprint density at radius 2 is 1.67 bits per heavy atom. The molecule has 33 heavy (non-hydrogen) atoms. The first-order valence-electron chi connectivity index (χ1n) is 10.7. The Balaban J connectivity index is 1.43. The van der Waals surface area contributed by atoms with E-state index in [2.05, 4.69) is 26.9 Å². The highest BCUT2D eigenvalue weighted by atomic mass is 16.2. The van der Waals surface area contributed by atoms with Crippen molar-refractivity contribution in [2.45, 2.75) is 12.5 Å². The van der Waals surface area contributed by atoms with Gasteiger partial charge in [-0.3, -0.25) is 4.79 Å². The van der Waals surface area contributed by atoms with Crippen molar-refractivity contribution >= 4 is 11.6 Å². The van der Waals surface area contributed by atoms with Gasteiger partial charge in [-0.1, -0.05) is 54.6 Å². The Morgan fingerprint density at radius 3 is 2.33 bits per heavy atom. The van der Waals surface area contributed by atoms with Crippen molar-refractivity contribution < 1.29 is 4.79 Å². The van der Waals surface area contributed by atoms with Crippen LogP contribution in [0.4, 0.5) is 5.69 Å². The molecule has 4 rings (SSSR count). The van der Waals surface area contributed by atoms with Gasteiger partial charge >= 0.3 is 0 Å². The average molecular weight is 434 g/mol. The fraction of sp³-hybridized carbons (Fsp3) is 0.111. The van der Waals surface area contributed by atoms with Gasteiger partial charge in [0.2, 0.25) is 5.91 Å². The van der Waals surface area contributed by atoms with E-state index >= 15 is 0 Å². The van der Waals surface area contributed by atoms with Crippen molar-refractivity contribution in [2.24, 2.45) is 0 Å². The van der Waals surface area contributed by atoms with Gasteiger partial charge in [-0.15, -0.1) is 0 Å². The van der Waals surface area contributed by atoms with E-state index in [9.17, 15) is 4.79 Å². The van der Waals surface area contributed by atoms with Gasteiger partial charge in [-0.2, -0.15) is 15.5 Å². The fourth-order valence-electron chi connectivity index (χ4n) is 3.51. The van der Waals surface area contributed by atoms with E-state index < -0.39 is 6.04 Å². The second kappa shape index (κ2) is 10.8. The van der Waals surface area contributed by atoms with Crippen LogP contribution < -0.4 is 10.6 Å². The molecule has 0 radical (unpaired) electrons. The predicted molar refractivity (Wildman–Crippen MR) is 128 cm³/mol. The molecule has 1 unspecified atom stereocenters. The van der Waals surface area contributed by atoms with Crippen molar-refractivity contribution in [1.82, 2.24) is 15.5 Å². The van der Waals surface area contributed by atoms with Crippen molar-refractivity contribution in [1.29, 1.82) is 5.26 Å². The maximum atomic E-state index is 13.2. The highest BCUT2D eigenvalue weighted by molar-refractivity contribution is 5.95. The van der Waals surface area contributed by atoms with Gasteiger partial charge in [0, 0.05) is 24.0 Å². The summed E-state index contributed by atoms with van der Waals surface area (Å²) in [6.45, 7) is 0.616. The van der Waals surface area contributed by atoms with Crippen molar-refractivity contribution in [3.63, 3.8) is 0 Å². The van der Waals surface area contributed by atoms with E-state index in [4.69, 9.17) is 5.26 Å². The maximum Gasteiger partial charge on any atom is 0.246 e. The predicted octanol–water partition coefficient (Wildman–Crippen LogP) is 4.53. The number of amides is 1. The minimum Gasteiger partial charge on any atom is -0.324 e. The monoisotopic (exact) mass is 433 g/mol. The summed E-state index contributed by atoms with van der Waals surface area (Å²) in [5.41, 5.74) is 5.06. The van der Waals surface area contributed by atoms with Crippen LogP contribution in [-0.4, -0.2) is 22.6 Å². The molecule has 6 nitrogen and oxygen atoms in total. The summed E-state index contributed by atoms with van der Waals surface area (Å²) >= 11 is 0. The van der Waals surface area contributed by atoms with Crippen molar-refractivity contribution in [3.8, 4) is 17.3 Å². The highest BCUT2D eigenvalue weighted by Crippen LogP contribution is 2.20. The van der Waals surface area contributed by atoms with Gasteiger partial charge in [0.05, 0.1) is 17.3 Å². The van der Waals surface area contributed by atoms with E-state index in [0.29, 0.717) is 17.8 Å². The summed E-state index contributed by atoms with van der Waals surface area (Å²) in [6.07, 6.45) is 2.38. The first kappa shape index (κ1) is 21.9. The number of carbonyl (C=O) groups is 1. The summed E-state index contributed by atoms with van der Waals surface area (Å²) in [4.78, 5) is 13.2. The van der Waals surface area contributed by atoms with E-state index in [1.807, 2.05) is 78.9 Å². The number of nitrogens with one attached hydrogen (secondary N) is 2. The lowest BCUT2D eigenvalue weighted by atomic mass is 10.0. The smallest absolute Gasteiger partial charge is 0.246 e. The molecule has 1 amide bonds. The molecule has 0 spiro atoms. The van der Waals surface area contributed by atoms with Crippen LogP contribution in [0.5, 0.6) is 0 Å². The maximum absolute atomic E-state index is 13.2. The molecule has 6 heteroatoms. The molecule has 0 saturated carbocycles. The number of benzene rings is 3. The van der Waals surface area contributed by atoms with Crippen LogP contribution >= 0.6 is 0 Å². The molecule has 1 atom stereocenters. The molecular formula is C27H23N5O. The lowest BCUT2D eigenvalue weighted by Crippen LogP contribution is -2.34. The lowest BCUT2D eigenvalue weighted by molar-refractivity contribution is -0.118. The molecule has 0 saturated heterocycles. The van der Waals surface area contributed by atoms with Gasteiger partial charge < -0.3 is 10.6 Å². The summed E-state index contributed by atoms with van der Waals surface area (Å²) in [6, 6.07) is 30.1. The molecule has 4 aromatic rings. The number of hydrogen-bond acceptors (Lipinski definition) is 5. The van der Waals surface area contributed by atoms with Crippen molar-refractivity contribution in [3.05, 3.63) is 114 Å². The summed E-state index contributed by atoms with van der Waals surface area (Å²) in [7, 11) is 0. The van der Waals surface area contributed by atoms with Crippen LogP contribution in [0.25, 0.3) is 11.3 Å². The number of nitriles is 1. The number of rotatable bonds is 8. The second-order valence-electron chi connectivity index (χ2n) is 7.53.